The smallest absolute Gasteiger partial charge is 0.255 e. The first-order valence-corrected chi connectivity index (χ1v) is 9.55. The van der Waals surface area contributed by atoms with E-state index in [1.54, 1.807) is 25.4 Å². The molecule has 150 valence electrons. The van der Waals surface area contributed by atoms with Crippen molar-refractivity contribution in [2.75, 3.05) is 30.9 Å². The van der Waals surface area contributed by atoms with Crippen LogP contribution in [-0.4, -0.2) is 31.2 Å². The van der Waals surface area contributed by atoms with E-state index >= 15 is 0 Å². The van der Waals surface area contributed by atoms with Crippen LogP contribution in [0, 0.1) is 0 Å². The number of pyridine rings is 1. The molecule has 2 aromatic carbocycles. The molecule has 29 heavy (non-hydrogen) atoms. The molecule has 0 spiro atoms. The highest BCUT2D eigenvalue weighted by Gasteiger charge is 2.08. The second kappa shape index (κ2) is 10.1. The first-order valence-electron chi connectivity index (χ1n) is 9.55. The number of anilines is 2. The zero-order chi connectivity index (χ0) is 20.5. The van der Waals surface area contributed by atoms with E-state index in [9.17, 15) is 4.79 Å². The van der Waals surface area contributed by atoms with Gasteiger partial charge < -0.3 is 20.1 Å². The molecule has 0 aliphatic carbocycles. The van der Waals surface area contributed by atoms with Gasteiger partial charge in [-0.1, -0.05) is 18.2 Å². The molecule has 0 bridgehead atoms. The van der Waals surface area contributed by atoms with Gasteiger partial charge in [-0.2, -0.15) is 0 Å². The molecular weight excluding hydrogens is 366 g/mol. The Morgan fingerprint density at radius 2 is 1.86 bits per heavy atom. The molecule has 0 saturated carbocycles. The number of carbonyl (C=O) groups is 1. The molecule has 0 unspecified atom stereocenters. The van der Waals surface area contributed by atoms with Gasteiger partial charge >= 0.3 is 0 Å². The van der Waals surface area contributed by atoms with E-state index in [1.807, 2.05) is 55.5 Å². The van der Waals surface area contributed by atoms with Crippen molar-refractivity contribution in [1.29, 1.82) is 0 Å². The van der Waals surface area contributed by atoms with E-state index in [0.29, 0.717) is 30.2 Å². The summed E-state index contributed by atoms with van der Waals surface area (Å²) in [5, 5.41) is 6.15. The monoisotopic (exact) mass is 391 g/mol. The molecule has 3 aromatic rings. The molecule has 6 nitrogen and oxygen atoms in total. The van der Waals surface area contributed by atoms with E-state index in [2.05, 4.69) is 15.6 Å². The minimum absolute atomic E-state index is 0.190. The van der Waals surface area contributed by atoms with Crippen LogP contribution in [0.1, 0.15) is 22.8 Å². The third-order valence-corrected chi connectivity index (χ3v) is 4.34. The van der Waals surface area contributed by atoms with Crippen LogP contribution in [0.2, 0.25) is 0 Å². The molecule has 0 radical (unpaired) electrons. The zero-order valence-electron chi connectivity index (χ0n) is 16.6. The SMILES string of the molecule is CCOc1ccc(NC(=O)c2ccnc(NCCc3ccccc3OC)c2)cc1. The Morgan fingerprint density at radius 1 is 1.07 bits per heavy atom. The number of methoxy groups -OCH3 is 1. The van der Waals surface area contributed by atoms with Crippen LogP contribution < -0.4 is 20.1 Å². The highest BCUT2D eigenvalue weighted by molar-refractivity contribution is 6.04. The molecular formula is C23H25N3O3. The third kappa shape index (κ3) is 5.72. The van der Waals surface area contributed by atoms with Crippen LogP contribution in [-0.2, 0) is 6.42 Å². The first-order chi connectivity index (χ1) is 14.2. The normalized spacial score (nSPS) is 10.3. The summed E-state index contributed by atoms with van der Waals surface area (Å²) in [6.07, 6.45) is 2.41. The standard InChI is InChI=1S/C23H25N3O3/c1-3-29-20-10-8-19(9-11-20)26-23(27)18-13-15-25-22(16-18)24-14-12-17-6-4-5-7-21(17)28-2/h4-11,13,15-16H,3,12,14H2,1-2H3,(H,24,25)(H,26,27). The van der Waals surface area contributed by atoms with Crippen molar-refractivity contribution in [2.45, 2.75) is 13.3 Å². The van der Waals surface area contributed by atoms with Gasteiger partial charge in [-0.05, 0) is 61.4 Å². The van der Waals surface area contributed by atoms with Gasteiger partial charge in [0.05, 0.1) is 13.7 Å². The number of para-hydroxylation sites is 1. The van der Waals surface area contributed by atoms with Crippen LogP contribution in [0.15, 0.2) is 66.9 Å². The number of ether oxygens (including phenoxy) is 2. The van der Waals surface area contributed by atoms with Crippen molar-refractivity contribution < 1.29 is 14.3 Å². The summed E-state index contributed by atoms with van der Waals surface area (Å²) in [5.74, 6) is 2.10. The van der Waals surface area contributed by atoms with Crippen molar-refractivity contribution in [2.24, 2.45) is 0 Å². The number of nitrogens with zero attached hydrogens (tertiary/aromatic N) is 1. The van der Waals surface area contributed by atoms with Gasteiger partial charge in [-0.3, -0.25) is 4.79 Å². The van der Waals surface area contributed by atoms with Crippen LogP contribution >= 0.6 is 0 Å². The lowest BCUT2D eigenvalue weighted by atomic mass is 10.1. The summed E-state index contributed by atoms with van der Waals surface area (Å²) in [7, 11) is 1.67. The van der Waals surface area contributed by atoms with Gasteiger partial charge in [-0.15, -0.1) is 0 Å². The fourth-order valence-electron chi connectivity index (χ4n) is 2.91. The second-order valence-corrected chi connectivity index (χ2v) is 6.33. The van der Waals surface area contributed by atoms with Crippen molar-refractivity contribution in [3.05, 3.63) is 78.0 Å². The molecule has 1 heterocycles. The number of hydrogen-bond acceptors (Lipinski definition) is 5. The fourth-order valence-corrected chi connectivity index (χ4v) is 2.91. The Morgan fingerprint density at radius 3 is 2.62 bits per heavy atom. The number of rotatable bonds is 9. The molecule has 2 N–H and O–H groups in total. The molecule has 0 atom stereocenters. The van der Waals surface area contributed by atoms with Crippen LogP contribution in [0.4, 0.5) is 11.5 Å². The summed E-state index contributed by atoms with van der Waals surface area (Å²) in [6.45, 7) is 3.22. The number of hydrogen-bond donors (Lipinski definition) is 2. The zero-order valence-corrected chi connectivity index (χ0v) is 16.6. The quantitative estimate of drug-likeness (QED) is 0.566. The van der Waals surface area contributed by atoms with Crippen LogP contribution in [0.5, 0.6) is 11.5 Å². The number of benzene rings is 2. The highest BCUT2D eigenvalue weighted by atomic mass is 16.5. The van der Waals surface area contributed by atoms with Gasteiger partial charge in [0.25, 0.3) is 5.91 Å². The Bertz CT molecular complexity index is 942. The van der Waals surface area contributed by atoms with E-state index in [-0.39, 0.29) is 5.91 Å². The Kier molecular flexibility index (Phi) is 7.05. The van der Waals surface area contributed by atoms with E-state index < -0.39 is 0 Å². The van der Waals surface area contributed by atoms with Crippen molar-refractivity contribution in [3.63, 3.8) is 0 Å². The average Bonchev–Trinajstić information content (AvgIpc) is 2.76. The Hall–Kier alpha value is -3.54. The summed E-state index contributed by atoms with van der Waals surface area (Å²) >= 11 is 0. The van der Waals surface area contributed by atoms with Crippen LogP contribution in [0.3, 0.4) is 0 Å². The number of nitrogens with one attached hydrogen (secondary N) is 2. The number of amides is 1. The van der Waals surface area contributed by atoms with Gasteiger partial charge in [0.1, 0.15) is 17.3 Å². The fraction of sp³-hybridized carbons (Fsp3) is 0.217. The number of carbonyl (C=O) groups excluding carboxylic acids is 1. The molecule has 1 amide bonds. The molecule has 0 aliphatic heterocycles. The van der Waals surface area contributed by atoms with E-state index in [1.165, 1.54) is 0 Å². The summed E-state index contributed by atoms with van der Waals surface area (Å²) in [5.41, 5.74) is 2.36. The highest BCUT2D eigenvalue weighted by Crippen LogP contribution is 2.19. The topological polar surface area (TPSA) is 72.5 Å². The summed E-state index contributed by atoms with van der Waals surface area (Å²) < 4.78 is 10.8. The second-order valence-electron chi connectivity index (χ2n) is 6.33. The minimum Gasteiger partial charge on any atom is -0.496 e. The largest absolute Gasteiger partial charge is 0.496 e. The van der Waals surface area contributed by atoms with E-state index in [4.69, 9.17) is 9.47 Å². The van der Waals surface area contributed by atoms with E-state index in [0.717, 1.165) is 23.5 Å². The predicted octanol–water partition coefficient (Wildman–Crippen LogP) is 4.40. The lowest BCUT2D eigenvalue weighted by molar-refractivity contribution is 0.102. The van der Waals surface area contributed by atoms with Gasteiger partial charge in [-0.25, -0.2) is 4.98 Å². The first kappa shape index (κ1) is 20.2. The molecule has 1 aromatic heterocycles. The molecule has 3 rings (SSSR count). The maximum atomic E-state index is 12.5. The molecule has 0 saturated heterocycles. The lowest BCUT2D eigenvalue weighted by Crippen LogP contribution is -2.13. The Balaban J connectivity index is 1.57. The molecule has 6 heteroatoms. The van der Waals surface area contributed by atoms with Gasteiger partial charge in [0.2, 0.25) is 0 Å². The minimum atomic E-state index is -0.190. The lowest BCUT2D eigenvalue weighted by Gasteiger charge is -2.10. The summed E-state index contributed by atoms with van der Waals surface area (Å²) in [6, 6.07) is 18.6. The van der Waals surface area contributed by atoms with Crippen LogP contribution in [0.25, 0.3) is 0 Å². The van der Waals surface area contributed by atoms with Gasteiger partial charge in [0.15, 0.2) is 0 Å². The van der Waals surface area contributed by atoms with Crippen molar-refractivity contribution in [3.8, 4) is 11.5 Å². The van der Waals surface area contributed by atoms with Crippen molar-refractivity contribution >= 4 is 17.4 Å². The third-order valence-electron chi connectivity index (χ3n) is 4.34. The maximum Gasteiger partial charge on any atom is 0.255 e. The van der Waals surface area contributed by atoms with Gasteiger partial charge in [0, 0.05) is 24.0 Å². The molecule has 0 fully saturated rings. The Labute approximate surface area is 170 Å². The average molecular weight is 391 g/mol. The molecule has 0 aliphatic rings. The number of aromatic nitrogens is 1. The summed E-state index contributed by atoms with van der Waals surface area (Å²) in [4.78, 5) is 16.8. The maximum absolute atomic E-state index is 12.5. The predicted molar refractivity (Wildman–Crippen MR) is 115 cm³/mol. The van der Waals surface area contributed by atoms with Crippen molar-refractivity contribution in [1.82, 2.24) is 4.98 Å².